The van der Waals surface area contributed by atoms with Gasteiger partial charge in [-0.1, -0.05) is 37.3 Å². The molecular formula is C14H20N2O3. The molecule has 1 aromatic carbocycles. The predicted octanol–water partition coefficient (Wildman–Crippen LogP) is 1.73. The summed E-state index contributed by atoms with van der Waals surface area (Å²) in [5, 5.41) is 11.7. The molecule has 0 heterocycles. The van der Waals surface area contributed by atoms with E-state index in [-0.39, 0.29) is 12.5 Å². The number of rotatable bonds is 6. The Hall–Kier alpha value is -2.04. The molecule has 0 bridgehead atoms. The monoisotopic (exact) mass is 264 g/mol. The van der Waals surface area contributed by atoms with Crippen molar-refractivity contribution in [1.29, 1.82) is 0 Å². The number of nitrogens with zero attached hydrogens (tertiary/aromatic N) is 1. The molecule has 0 radical (unpaired) electrons. The summed E-state index contributed by atoms with van der Waals surface area (Å²) < 4.78 is 0. The van der Waals surface area contributed by atoms with Gasteiger partial charge >= 0.3 is 12.0 Å². The van der Waals surface area contributed by atoms with Crippen molar-refractivity contribution in [3.05, 3.63) is 35.9 Å². The summed E-state index contributed by atoms with van der Waals surface area (Å²) in [6.45, 7) is 2.56. The Morgan fingerprint density at radius 3 is 2.47 bits per heavy atom. The molecule has 0 unspecified atom stereocenters. The quantitative estimate of drug-likeness (QED) is 0.822. The summed E-state index contributed by atoms with van der Waals surface area (Å²) in [4.78, 5) is 24.5. The zero-order chi connectivity index (χ0) is 14.3. The van der Waals surface area contributed by atoms with Gasteiger partial charge in [0, 0.05) is 20.0 Å². The molecule has 1 aromatic rings. The van der Waals surface area contributed by atoms with Crippen molar-refractivity contribution < 1.29 is 14.7 Å². The van der Waals surface area contributed by atoms with Gasteiger partial charge in [0.2, 0.25) is 0 Å². The SMILES string of the molecule is CCCN(C)C(=O)N[C@H](Cc1ccccc1)C(=O)O. The number of hydrogen-bond acceptors (Lipinski definition) is 2. The van der Waals surface area contributed by atoms with E-state index >= 15 is 0 Å². The molecule has 5 heteroatoms. The normalized spacial score (nSPS) is 11.7. The van der Waals surface area contributed by atoms with Crippen molar-refractivity contribution in [2.24, 2.45) is 0 Å². The number of urea groups is 1. The fourth-order valence-electron chi connectivity index (χ4n) is 1.75. The number of carboxylic acid groups (broad SMARTS) is 1. The number of aliphatic carboxylic acids is 1. The van der Waals surface area contributed by atoms with Crippen molar-refractivity contribution in [2.75, 3.05) is 13.6 Å². The second-order valence-electron chi connectivity index (χ2n) is 4.45. The molecule has 0 fully saturated rings. The lowest BCUT2D eigenvalue weighted by molar-refractivity contribution is -0.139. The molecule has 0 aliphatic heterocycles. The van der Waals surface area contributed by atoms with Crippen molar-refractivity contribution in [1.82, 2.24) is 10.2 Å². The van der Waals surface area contributed by atoms with Crippen LogP contribution in [0.25, 0.3) is 0 Å². The third-order valence-corrected chi connectivity index (χ3v) is 2.78. The molecule has 19 heavy (non-hydrogen) atoms. The van der Waals surface area contributed by atoms with Gasteiger partial charge in [-0.15, -0.1) is 0 Å². The van der Waals surface area contributed by atoms with Crippen LogP contribution in [0.3, 0.4) is 0 Å². The lowest BCUT2D eigenvalue weighted by atomic mass is 10.1. The predicted molar refractivity (Wildman–Crippen MR) is 73.0 cm³/mol. The first kappa shape index (κ1) is 15.0. The van der Waals surface area contributed by atoms with Crippen LogP contribution < -0.4 is 5.32 Å². The molecule has 0 aliphatic rings. The van der Waals surface area contributed by atoms with Gasteiger partial charge in [-0.05, 0) is 12.0 Å². The Labute approximate surface area is 113 Å². The summed E-state index contributed by atoms with van der Waals surface area (Å²) in [6.07, 6.45) is 1.11. The molecule has 0 saturated carbocycles. The van der Waals surface area contributed by atoms with E-state index in [9.17, 15) is 9.59 Å². The Morgan fingerprint density at radius 2 is 1.95 bits per heavy atom. The zero-order valence-electron chi connectivity index (χ0n) is 11.3. The van der Waals surface area contributed by atoms with Crippen LogP contribution in [0.2, 0.25) is 0 Å². The molecule has 0 aliphatic carbocycles. The third kappa shape index (κ3) is 4.99. The maximum atomic E-state index is 11.8. The maximum absolute atomic E-state index is 11.8. The van der Waals surface area contributed by atoms with E-state index < -0.39 is 12.0 Å². The van der Waals surface area contributed by atoms with E-state index in [2.05, 4.69) is 5.32 Å². The number of hydrogen-bond donors (Lipinski definition) is 2. The highest BCUT2D eigenvalue weighted by atomic mass is 16.4. The van der Waals surface area contributed by atoms with Crippen LogP contribution in [0.4, 0.5) is 4.79 Å². The topological polar surface area (TPSA) is 69.6 Å². The fourth-order valence-corrected chi connectivity index (χ4v) is 1.75. The van der Waals surface area contributed by atoms with Gasteiger partial charge < -0.3 is 15.3 Å². The van der Waals surface area contributed by atoms with Crippen molar-refractivity contribution >= 4 is 12.0 Å². The summed E-state index contributed by atoms with van der Waals surface area (Å²) in [5.41, 5.74) is 0.883. The first-order valence-electron chi connectivity index (χ1n) is 6.33. The number of carbonyl (C=O) groups is 2. The molecular weight excluding hydrogens is 244 g/mol. The minimum absolute atomic E-state index is 0.280. The Kier molecular flexibility index (Phi) is 5.85. The Bertz CT molecular complexity index is 420. The number of nitrogens with one attached hydrogen (secondary N) is 1. The largest absolute Gasteiger partial charge is 0.480 e. The lowest BCUT2D eigenvalue weighted by Crippen LogP contribution is -2.47. The number of benzene rings is 1. The van der Waals surface area contributed by atoms with E-state index in [0.717, 1.165) is 12.0 Å². The zero-order valence-corrected chi connectivity index (χ0v) is 11.3. The molecule has 0 aromatic heterocycles. The number of carbonyl (C=O) groups excluding carboxylic acids is 1. The van der Waals surface area contributed by atoms with Crippen LogP contribution in [-0.2, 0) is 11.2 Å². The van der Waals surface area contributed by atoms with Gasteiger partial charge in [0.1, 0.15) is 6.04 Å². The van der Waals surface area contributed by atoms with E-state index in [1.54, 1.807) is 7.05 Å². The second-order valence-corrected chi connectivity index (χ2v) is 4.45. The van der Waals surface area contributed by atoms with E-state index in [4.69, 9.17) is 5.11 Å². The minimum atomic E-state index is -1.03. The van der Waals surface area contributed by atoms with Crippen molar-refractivity contribution in [3.8, 4) is 0 Å². The Balaban J connectivity index is 2.64. The van der Waals surface area contributed by atoms with Crippen LogP contribution in [-0.4, -0.2) is 41.6 Å². The molecule has 1 rings (SSSR count). The molecule has 5 nitrogen and oxygen atoms in total. The smallest absolute Gasteiger partial charge is 0.326 e. The van der Waals surface area contributed by atoms with Gasteiger partial charge in [-0.2, -0.15) is 0 Å². The highest BCUT2D eigenvalue weighted by molar-refractivity contribution is 5.82. The standard InChI is InChI=1S/C14H20N2O3/c1-3-9-16(2)14(19)15-12(13(17)18)10-11-7-5-4-6-8-11/h4-8,12H,3,9-10H2,1-2H3,(H,15,19)(H,17,18)/t12-/m1/s1. The van der Waals surface area contributed by atoms with Crippen molar-refractivity contribution in [3.63, 3.8) is 0 Å². The average Bonchev–Trinajstić information content (AvgIpc) is 2.39. The van der Waals surface area contributed by atoms with Crippen LogP contribution in [0, 0.1) is 0 Å². The van der Waals surface area contributed by atoms with Crippen LogP contribution in [0.5, 0.6) is 0 Å². The highest BCUT2D eigenvalue weighted by Crippen LogP contribution is 2.04. The minimum Gasteiger partial charge on any atom is -0.480 e. The van der Waals surface area contributed by atoms with Crippen LogP contribution >= 0.6 is 0 Å². The van der Waals surface area contributed by atoms with Gasteiger partial charge in [-0.3, -0.25) is 0 Å². The summed E-state index contributed by atoms with van der Waals surface area (Å²) >= 11 is 0. The van der Waals surface area contributed by atoms with Crippen LogP contribution in [0.15, 0.2) is 30.3 Å². The first-order chi connectivity index (χ1) is 9.04. The van der Waals surface area contributed by atoms with Gasteiger partial charge in [-0.25, -0.2) is 9.59 Å². The molecule has 2 amide bonds. The van der Waals surface area contributed by atoms with E-state index in [0.29, 0.717) is 6.54 Å². The molecule has 0 spiro atoms. The molecule has 104 valence electrons. The van der Waals surface area contributed by atoms with Gasteiger partial charge in [0.05, 0.1) is 0 Å². The first-order valence-corrected chi connectivity index (χ1v) is 6.33. The number of carboxylic acids is 1. The molecule has 0 saturated heterocycles. The van der Waals surface area contributed by atoms with E-state index in [1.165, 1.54) is 4.90 Å². The van der Waals surface area contributed by atoms with Crippen molar-refractivity contribution in [2.45, 2.75) is 25.8 Å². The molecule has 1 atom stereocenters. The lowest BCUT2D eigenvalue weighted by Gasteiger charge is -2.21. The highest BCUT2D eigenvalue weighted by Gasteiger charge is 2.21. The average molecular weight is 264 g/mol. The Morgan fingerprint density at radius 1 is 1.32 bits per heavy atom. The maximum Gasteiger partial charge on any atom is 0.326 e. The third-order valence-electron chi connectivity index (χ3n) is 2.78. The van der Waals surface area contributed by atoms with Gasteiger partial charge in [0.25, 0.3) is 0 Å². The fraction of sp³-hybridized carbons (Fsp3) is 0.429. The van der Waals surface area contributed by atoms with E-state index in [1.807, 2.05) is 37.3 Å². The van der Waals surface area contributed by atoms with Crippen LogP contribution in [0.1, 0.15) is 18.9 Å². The number of amides is 2. The molecule has 2 N–H and O–H groups in total. The summed E-state index contributed by atoms with van der Waals surface area (Å²) in [6, 6.07) is 7.99. The summed E-state index contributed by atoms with van der Waals surface area (Å²) in [5.74, 6) is -1.03. The summed E-state index contributed by atoms with van der Waals surface area (Å²) in [7, 11) is 1.65. The second kappa shape index (κ2) is 7.41. The van der Waals surface area contributed by atoms with Gasteiger partial charge in [0.15, 0.2) is 0 Å².